The predicted molar refractivity (Wildman–Crippen MR) is 80.5 cm³/mol. The molecule has 1 amide bonds. The van der Waals surface area contributed by atoms with Crippen molar-refractivity contribution in [3.05, 3.63) is 66.7 Å². The molecular weight excluding hydrogens is 291 g/mol. The molecule has 0 atom stereocenters. The molecule has 2 nitrogen and oxygen atoms in total. The van der Waals surface area contributed by atoms with E-state index in [1.807, 2.05) is 0 Å². The van der Waals surface area contributed by atoms with Gasteiger partial charge in [0.15, 0.2) is 0 Å². The molecule has 2 rings (SSSR count). The smallest absolute Gasteiger partial charge is 0.312 e. The second-order valence-electron chi connectivity index (χ2n) is 4.72. The molecule has 0 fully saturated rings. The Labute approximate surface area is 126 Å². The Hall–Kier alpha value is -2.56. The van der Waals surface area contributed by atoms with E-state index in [-0.39, 0.29) is 5.91 Å². The maximum absolute atomic E-state index is 12.5. The number of rotatable bonds is 3. The van der Waals surface area contributed by atoms with Gasteiger partial charge in [-0.2, -0.15) is 13.2 Å². The van der Waals surface area contributed by atoms with Crippen LogP contribution in [0.1, 0.15) is 5.56 Å². The van der Waals surface area contributed by atoms with E-state index >= 15 is 0 Å². The Bertz CT molecular complexity index is 673. The van der Waals surface area contributed by atoms with Gasteiger partial charge < -0.3 is 4.90 Å². The number of amides is 1. The standard InChI is InChI=1S/C17H14F3NO/c1-3-16(22)21(2)15-10-6-13(7-11-15)12-4-8-14(9-5-12)17(18,19)20/h3-11H,1H2,2H3. The number of benzene rings is 2. The molecule has 2 aromatic carbocycles. The van der Waals surface area contributed by atoms with E-state index in [9.17, 15) is 18.0 Å². The average molecular weight is 305 g/mol. The molecular formula is C17H14F3NO. The lowest BCUT2D eigenvalue weighted by Crippen LogP contribution is -2.23. The first-order valence-corrected chi connectivity index (χ1v) is 6.51. The molecule has 0 N–H and O–H groups in total. The third-order valence-corrected chi connectivity index (χ3v) is 3.31. The van der Waals surface area contributed by atoms with Crippen molar-refractivity contribution in [3.63, 3.8) is 0 Å². The average Bonchev–Trinajstić information content (AvgIpc) is 2.53. The van der Waals surface area contributed by atoms with Crippen molar-refractivity contribution < 1.29 is 18.0 Å². The highest BCUT2D eigenvalue weighted by Crippen LogP contribution is 2.31. The topological polar surface area (TPSA) is 20.3 Å². The molecule has 0 aromatic heterocycles. The monoisotopic (exact) mass is 305 g/mol. The van der Waals surface area contributed by atoms with Gasteiger partial charge in [0, 0.05) is 12.7 Å². The normalized spacial score (nSPS) is 11.1. The quantitative estimate of drug-likeness (QED) is 0.763. The van der Waals surface area contributed by atoms with Crippen molar-refractivity contribution in [2.45, 2.75) is 6.18 Å². The van der Waals surface area contributed by atoms with Crippen LogP contribution >= 0.6 is 0 Å². The number of anilines is 1. The number of nitrogens with zero attached hydrogens (tertiary/aromatic N) is 1. The fourth-order valence-corrected chi connectivity index (χ4v) is 1.99. The van der Waals surface area contributed by atoms with Crippen LogP contribution < -0.4 is 4.90 Å². The van der Waals surface area contributed by atoms with Gasteiger partial charge >= 0.3 is 6.18 Å². The van der Waals surface area contributed by atoms with E-state index < -0.39 is 11.7 Å². The number of carbonyl (C=O) groups excluding carboxylic acids is 1. The highest BCUT2D eigenvalue weighted by molar-refractivity contribution is 6.00. The molecule has 22 heavy (non-hydrogen) atoms. The van der Waals surface area contributed by atoms with Crippen LogP contribution in [0.4, 0.5) is 18.9 Å². The predicted octanol–water partition coefficient (Wildman–Crippen LogP) is 4.52. The Morgan fingerprint density at radius 3 is 1.86 bits per heavy atom. The summed E-state index contributed by atoms with van der Waals surface area (Å²) in [6, 6.07) is 11.9. The first kappa shape index (κ1) is 15.8. The van der Waals surface area contributed by atoms with Gasteiger partial charge in [0.25, 0.3) is 0 Å². The minimum absolute atomic E-state index is 0.234. The summed E-state index contributed by atoms with van der Waals surface area (Å²) in [6.45, 7) is 3.42. The van der Waals surface area contributed by atoms with Crippen LogP contribution in [0.5, 0.6) is 0 Å². The highest BCUT2D eigenvalue weighted by atomic mass is 19.4. The minimum Gasteiger partial charge on any atom is -0.312 e. The van der Waals surface area contributed by atoms with Crippen molar-refractivity contribution >= 4 is 11.6 Å². The molecule has 0 spiro atoms. The van der Waals surface area contributed by atoms with Crippen LogP contribution in [-0.2, 0) is 11.0 Å². The van der Waals surface area contributed by atoms with Gasteiger partial charge in [-0.3, -0.25) is 4.79 Å². The third kappa shape index (κ3) is 3.36. The van der Waals surface area contributed by atoms with E-state index in [0.29, 0.717) is 11.3 Å². The molecule has 0 saturated carbocycles. The Morgan fingerprint density at radius 1 is 1.00 bits per heavy atom. The number of halogens is 3. The van der Waals surface area contributed by atoms with Crippen LogP contribution in [0.3, 0.4) is 0 Å². The Balaban J connectivity index is 2.24. The lowest BCUT2D eigenvalue weighted by molar-refractivity contribution is -0.137. The molecule has 0 heterocycles. The second kappa shape index (κ2) is 6.05. The minimum atomic E-state index is -4.34. The molecule has 0 aliphatic rings. The molecule has 0 radical (unpaired) electrons. The zero-order chi connectivity index (χ0) is 16.3. The molecule has 5 heteroatoms. The highest BCUT2D eigenvalue weighted by Gasteiger charge is 2.29. The van der Waals surface area contributed by atoms with Gasteiger partial charge in [-0.15, -0.1) is 0 Å². The zero-order valence-corrected chi connectivity index (χ0v) is 11.9. The molecule has 0 bridgehead atoms. The van der Waals surface area contributed by atoms with Crippen LogP contribution in [0.25, 0.3) is 11.1 Å². The second-order valence-corrected chi connectivity index (χ2v) is 4.72. The van der Waals surface area contributed by atoms with Gasteiger partial charge in [0.1, 0.15) is 0 Å². The van der Waals surface area contributed by atoms with E-state index in [1.54, 1.807) is 31.3 Å². The number of carbonyl (C=O) groups is 1. The van der Waals surface area contributed by atoms with E-state index in [2.05, 4.69) is 6.58 Å². The fourth-order valence-electron chi connectivity index (χ4n) is 1.99. The molecule has 0 saturated heterocycles. The maximum Gasteiger partial charge on any atom is 0.416 e. The number of hydrogen-bond donors (Lipinski definition) is 0. The first-order valence-electron chi connectivity index (χ1n) is 6.51. The van der Waals surface area contributed by atoms with Crippen molar-refractivity contribution in [1.29, 1.82) is 0 Å². The van der Waals surface area contributed by atoms with E-state index in [0.717, 1.165) is 17.7 Å². The summed E-state index contributed by atoms with van der Waals surface area (Å²) in [5, 5.41) is 0. The molecule has 0 unspecified atom stereocenters. The molecule has 2 aromatic rings. The first-order chi connectivity index (χ1) is 10.3. The van der Waals surface area contributed by atoms with Crippen LogP contribution in [0.2, 0.25) is 0 Å². The lowest BCUT2D eigenvalue weighted by Gasteiger charge is -2.15. The third-order valence-electron chi connectivity index (χ3n) is 3.31. The largest absolute Gasteiger partial charge is 0.416 e. The number of alkyl halides is 3. The summed E-state index contributed by atoms with van der Waals surface area (Å²) in [4.78, 5) is 12.9. The SMILES string of the molecule is C=CC(=O)N(C)c1ccc(-c2ccc(C(F)(F)F)cc2)cc1. The van der Waals surface area contributed by atoms with Gasteiger partial charge in [-0.1, -0.05) is 30.8 Å². The van der Waals surface area contributed by atoms with Gasteiger partial charge in [0.2, 0.25) is 5.91 Å². The summed E-state index contributed by atoms with van der Waals surface area (Å²) in [7, 11) is 1.62. The summed E-state index contributed by atoms with van der Waals surface area (Å²) in [5.41, 5.74) is 1.46. The summed E-state index contributed by atoms with van der Waals surface area (Å²) < 4.78 is 37.6. The van der Waals surface area contributed by atoms with E-state index in [1.165, 1.54) is 23.1 Å². The molecule has 0 aliphatic heterocycles. The lowest BCUT2D eigenvalue weighted by atomic mass is 10.0. The van der Waals surface area contributed by atoms with Gasteiger partial charge in [-0.05, 0) is 41.5 Å². The molecule has 0 aliphatic carbocycles. The van der Waals surface area contributed by atoms with Crippen molar-refractivity contribution in [3.8, 4) is 11.1 Å². The van der Waals surface area contributed by atoms with Crippen molar-refractivity contribution in [2.24, 2.45) is 0 Å². The number of hydrogen-bond acceptors (Lipinski definition) is 1. The van der Waals surface area contributed by atoms with Gasteiger partial charge in [-0.25, -0.2) is 0 Å². The Morgan fingerprint density at radius 2 is 1.45 bits per heavy atom. The summed E-state index contributed by atoms with van der Waals surface area (Å²) >= 11 is 0. The van der Waals surface area contributed by atoms with Crippen molar-refractivity contribution in [2.75, 3.05) is 11.9 Å². The fraction of sp³-hybridized carbons (Fsp3) is 0.118. The maximum atomic E-state index is 12.5. The van der Waals surface area contributed by atoms with E-state index in [4.69, 9.17) is 0 Å². The summed E-state index contributed by atoms with van der Waals surface area (Å²) in [5.74, 6) is -0.234. The Kier molecular flexibility index (Phi) is 4.35. The molecule has 114 valence electrons. The zero-order valence-electron chi connectivity index (χ0n) is 11.9. The van der Waals surface area contributed by atoms with Crippen LogP contribution in [-0.4, -0.2) is 13.0 Å². The van der Waals surface area contributed by atoms with Gasteiger partial charge in [0.05, 0.1) is 5.56 Å². The van der Waals surface area contributed by atoms with Crippen LogP contribution in [0, 0.1) is 0 Å². The number of likely N-dealkylation sites (N-methyl/N-ethyl adjacent to an activating group) is 1. The van der Waals surface area contributed by atoms with Crippen LogP contribution in [0.15, 0.2) is 61.2 Å². The van der Waals surface area contributed by atoms with Crippen molar-refractivity contribution in [1.82, 2.24) is 0 Å². The summed E-state index contributed by atoms with van der Waals surface area (Å²) in [6.07, 6.45) is -3.13.